The van der Waals surface area contributed by atoms with Crippen LogP contribution in [0.1, 0.15) is 0 Å². The van der Waals surface area contributed by atoms with Crippen LogP contribution >= 0.6 is 23.2 Å². The molecule has 6 heteroatoms. The van der Waals surface area contributed by atoms with Crippen LogP contribution in [0.2, 0.25) is 10.0 Å². The molecule has 0 radical (unpaired) electrons. The quantitative estimate of drug-likeness (QED) is 0.903. The van der Waals surface area contributed by atoms with Crippen LogP contribution in [0.3, 0.4) is 0 Å². The van der Waals surface area contributed by atoms with Gasteiger partial charge in [0.25, 0.3) is 5.91 Å². The topological polar surface area (TPSA) is 47.6 Å². The lowest BCUT2D eigenvalue weighted by Crippen LogP contribution is -2.20. The summed E-state index contributed by atoms with van der Waals surface area (Å²) < 4.78 is 10.4. The van der Waals surface area contributed by atoms with Gasteiger partial charge in [0.15, 0.2) is 6.61 Å². The second-order valence-corrected chi connectivity index (χ2v) is 4.98. The van der Waals surface area contributed by atoms with Crippen molar-refractivity contribution in [2.75, 3.05) is 19.0 Å². The van der Waals surface area contributed by atoms with Crippen molar-refractivity contribution in [2.24, 2.45) is 0 Å². The van der Waals surface area contributed by atoms with Crippen LogP contribution in [0.25, 0.3) is 0 Å². The lowest BCUT2D eigenvalue weighted by Gasteiger charge is -2.09. The summed E-state index contributed by atoms with van der Waals surface area (Å²) >= 11 is 11.8. The highest BCUT2D eigenvalue weighted by Gasteiger charge is 2.07. The Hall–Kier alpha value is -1.91. The highest BCUT2D eigenvalue weighted by molar-refractivity contribution is 6.36. The van der Waals surface area contributed by atoms with Crippen LogP contribution in [0, 0.1) is 0 Å². The predicted octanol–water partition coefficient (Wildman–Crippen LogP) is 4.02. The maximum Gasteiger partial charge on any atom is 0.262 e. The fourth-order valence-corrected chi connectivity index (χ4v) is 2.05. The molecule has 0 aliphatic rings. The number of methoxy groups -OCH3 is 1. The van der Waals surface area contributed by atoms with Gasteiger partial charge in [-0.2, -0.15) is 0 Å². The van der Waals surface area contributed by atoms with Gasteiger partial charge >= 0.3 is 0 Å². The highest BCUT2D eigenvalue weighted by Crippen LogP contribution is 2.25. The molecule has 0 bridgehead atoms. The van der Waals surface area contributed by atoms with Gasteiger partial charge in [0.05, 0.1) is 17.8 Å². The van der Waals surface area contributed by atoms with Gasteiger partial charge in [0.2, 0.25) is 0 Å². The molecule has 0 atom stereocenters. The minimum atomic E-state index is -0.310. The van der Waals surface area contributed by atoms with Gasteiger partial charge in [0.1, 0.15) is 11.5 Å². The van der Waals surface area contributed by atoms with E-state index >= 15 is 0 Å². The van der Waals surface area contributed by atoms with Gasteiger partial charge in [-0.1, -0.05) is 23.2 Å². The van der Waals surface area contributed by atoms with Gasteiger partial charge in [-0.3, -0.25) is 4.79 Å². The summed E-state index contributed by atoms with van der Waals surface area (Å²) in [5.74, 6) is 0.989. The molecular formula is C15H13Cl2NO3. The molecule has 0 aromatic heterocycles. The van der Waals surface area contributed by atoms with Gasteiger partial charge in [0, 0.05) is 5.02 Å². The van der Waals surface area contributed by atoms with Crippen LogP contribution < -0.4 is 14.8 Å². The molecule has 0 aliphatic carbocycles. The maximum absolute atomic E-state index is 11.8. The lowest BCUT2D eigenvalue weighted by molar-refractivity contribution is -0.118. The molecule has 1 amide bonds. The Morgan fingerprint density at radius 2 is 1.76 bits per heavy atom. The van der Waals surface area contributed by atoms with Crippen LogP contribution in [-0.4, -0.2) is 19.6 Å². The van der Waals surface area contributed by atoms with Crippen molar-refractivity contribution in [3.05, 3.63) is 52.5 Å². The zero-order valence-electron chi connectivity index (χ0n) is 11.2. The van der Waals surface area contributed by atoms with Crippen molar-refractivity contribution in [2.45, 2.75) is 0 Å². The Morgan fingerprint density at radius 3 is 2.38 bits per heavy atom. The van der Waals surface area contributed by atoms with Crippen LogP contribution in [0.4, 0.5) is 5.69 Å². The summed E-state index contributed by atoms with van der Waals surface area (Å²) in [6, 6.07) is 11.8. The van der Waals surface area contributed by atoms with E-state index in [4.69, 9.17) is 32.7 Å². The molecule has 0 fully saturated rings. The first-order chi connectivity index (χ1) is 10.1. The SMILES string of the molecule is COc1ccc(OCC(=O)Nc2ccc(Cl)cc2Cl)cc1. The predicted molar refractivity (Wildman–Crippen MR) is 83.6 cm³/mol. The Morgan fingerprint density at radius 1 is 1.10 bits per heavy atom. The molecule has 0 aliphatic heterocycles. The summed E-state index contributed by atoms with van der Waals surface area (Å²) in [5.41, 5.74) is 0.490. The summed E-state index contributed by atoms with van der Waals surface area (Å²) in [6.07, 6.45) is 0. The molecular weight excluding hydrogens is 313 g/mol. The molecule has 2 aromatic carbocycles. The molecule has 0 saturated carbocycles. The zero-order valence-corrected chi connectivity index (χ0v) is 12.7. The summed E-state index contributed by atoms with van der Waals surface area (Å²) in [6.45, 7) is -0.120. The molecule has 2 aromatic rings. The fourth-order valence-electron chi connectivity index (χ4n) is 1.60. The second-order valence-electron chi connectivity index (χ2n) is 4.14. The number of carbonyl (C=O) groups excluding carboxylic acids is 1. The van der Waals surface area contributed by atoms with E-state index < -0.39 is 0 Å². The highest BCUT2D eigenvalue weighted by atomic mass is 35.5. The van der Waals surface area contributed by atoms with Crippen molar-refractivity contribution in [3.63, 3.8) is 0 Å². The van der Waals surface area contributed by atoms with E-state index in [0.717, 1.165) is 5.75 Å². The monoisotopic (exact) mass is 325 g/mol. The summed E-state index contributed by atoms with van der Waals surface area (Å²) in [7, 11) is 1.58. The van der Waals surface area contributed by atoms with E-state index in [0.29, 0.717) is 21.5 Å². The normalized spacial score (nSPS) is 10.0. The first-order valence-corrected chi connectivity index (χ1v) is 6.86. The van der Waals surface area contributed by atoms with Gasteiger partial charge in [-0.25, -0.2) is 0 Å². The van der Waals surface area contributed by atoms with E-state index in [1.54, 1.807) is 49.6 Å². The van der Waals surface area contributed by atoms with Gasteiger partial charge < -0.3 is 14.8 Å². The second kappa shape index (κ2) is 7.20. The van der Waals surface area contributed by atoms with Crippen molar-refractivity contribution >= 4 is 34.8 Å². The van der Waals surface area contributed by atoms with Crippen molar-refractivity contribution in [1.29, 1.82) is 0 Å². The van der Waals surface area contributed by atoms with Crippen LogP contribution in [-0.2, 0) is 4.79 Å². The van der Waals surface area contributed by atoms with Crippen LogP contribution in [0.5, 0.6) is 11.5 Å². The number of hydrogen-bond acceptors (Lipinski definition) is 3. The molecule has 4 nitrogen and oxygen atoms in total. The Balaban J connectivity index is 1.89. The Labute approximate surface area is 132 Å². The molecule has 1 N–H and O–H groups in total. The Bertz CT molecular complexity index is 629. The van der Waals surface area contributed by atoms with Gasteiger partial charge in [-0.05, 0) is 42.5 Å². The summed E-state index contributed by atoms with van der Waals surface area (Å²) in [5, 5.41) is 3.53. The number of rotatable bonds is 5. The third-order valence-electron chi connectivity index (χ3n) is 2.63. The third-order valence-corrected chi connectivity index (χ3v) is 3.18. The minimum Gasteiger partial charge on any atom is -0.497 e. The number of anilines is 1. The number of halogens is 2. The molecule has 2 rings (SSSR count). The molecule has 110 valence electrons. The maximum atomic E-state index is 11.8. The number of nitrogens with one attached hydrogen (secondary N) is 1. The number of amides is 1. The van der Waals surface area contributed by atoms with E-state index in [-0.39, 0.29) is 12.5 Å². The van der Waals surface area contributed by atoms with E-state index in [2.05, 4.69) is 5.32 Å². The average molecular weight is 326 g/mol. The fraction of sp³-hybridized carbons (Fsp3) is 0.133. The standard InChI is InChI=1S/C15H13Cl2NO3/c1-20-11-3-5-12(6-4-11)21-9-15(19)18-14-7-2-10(16)8-13(14)17/h2-8H,9H2,1H3,(H,18,19). The molecule has 0 heterocycles. The van der Waals surface area contributed by atoms with Gasteiger partial charge in [-0.15, -0.1) is 0 Å². The number of benzene rings is 2. The van der Waals surface area contributed by atoms with Crippen LogP contribution in [0.15, 0.2) is 42.5 Å². The molecule has 0 saturated heterocycles. The lowest BCUT2D eigenvalue weighted by atomic mass is 10.3. The summed E-state index contributed by atoms with van der Waals surface area (Å²) in [4.78, 5) is 11.8. The number of ether oxygens (including phenoxy) is 2. The Kier molecular flexibility index (Phi) is 5.31. The molecule has 0 unspecified atom stereocenters. The molecule has 0 spiro atoms. The smallest absolute Gasteiger partial charge is 0.262 e. The first-order valence-electron chi connectivity index (χ1n) is 6.10. The van der Waals surface area contributed by atoms with Crippen molar-refractivity contribution in [1.82, 2.24) is 0 Å². The van der Waals surface area contributed by atoms with Crippen molar-refractivity contribution < 1.29 is 14.3 Å². The third kappa shape index (κ3) is 4.55. The van der Waals surface area contributed by atoms with E-state index in [1.807, 2.05) is 0 Å². The average Bonchev–Trinajstić information content (AvgIpc) is 2.48. The van der Waals surface area contributed by atoms with E-state index in [1.165, 1.54) is 0 Å². The minimum absolute atomic E-state index is 0.120. The molecule has 21 heavy (non-hydrogen) atoms. The van der Waals surface area contributed by atoms with E-state index in [9.17, 15) is 4.79 Å². The number of hydrogen-bond donors (Lipinski definition) is 1. The number of carbonyl (C=O) groups is 1. The van der Waals surface area contributed by atoms with Crippen molar-refractivity contribution in [3.8, 4) is 11.5 Å². The zero-order chi connectivity index (χ0) is 15.2. The largest absolute Gasteiger partial charge is 0.497 e. The first kappa shape index (κ1) is 15.5.